The summed E-state index contributed by atoms with van der Waals surface area (Å²) < 4.78 is 5.16. The van der Waals surface area contributed by atoms with Crippen molar-refractivity contribution in [1.29, 1.82) is 0 Å². The molecule has 1 unspecified atom stereocenters. The quantitative estimate of drug-likeness (QED) is 0.676. The molecule has 0 aromatic rings. The second kappa shape index (κ2) is 6.89. The predicted molar refractivity (Wildman–Crippen MR) is 65.3 cm³/mol. The lowest BCUT2D eigenvalue weighted by molar-refractivity contribution is -0.150. The monoisotopic (exact) mass is 227 g/mol. The van der Waals surface area contributed by atoms with E-state index in [2.05, 4.69) is 18.7 Å². The Morgan fingerprint density at radius 2 is 2.00 bits per heavy atom. The van der Waals surface area contributed by atoms with E-state index >= 15 is 0 Å². The molecule has 3 heteroatoms. The minimum Gasteiger partial charge on any atom is -0.465 e. The van der Waals surface area contributed by atoms with Crippen LogP contribution in [0.3, 0.4) is 0 Å². The van der Waals surface area contributed by atoms with Gasteiger partial charge < -0.3 is 4.74 Å². The van der Waals surface area contributed by atoms with Gasteiger partial charge in [0.25, 0.3) is 0 Å². The summed E-state index contributed by atoms with van der Waals surface area (Å²) in [6.07, 6.45) is 4.38. The van der Waals surface area contributed by atoms with E-state index in [1.807, 2.05) is 6.92 Å². The van der Waals surface area contributed by atoms with Crippen LogP contribution in [0.2, 0.25) is 0 Å². The van der Waals surface area contributed by atoms with Gasteiger partial charge in [0, 0.05) is 0 Å². The summed E-state index contributed by atoms with van der Waals surface area (Å²) in [6, 6.07) is -0.00236. The van der Waals surface area contributed by atoms with Crippen LogP contribution in [0.25, 0.3) is 0 Å². The fourth-order valence-corrected chi connectivity index (χ4v) is 2.30. The zero-order valence-electron chi connectivity index (χ0n) is 10.9. The molecule has 0 saturated carbocycles. The number of carbonyl (C=O) groups is 1. The van der Waals surface area contributed by atoms with Gasteiger partial charge >= 0.3 is 5.97 Å². The minimum atomic E-state index is -0.0288. The van der Waals surface area contributed by atoms with Gasteiger partial charge in [0.1, 0.15) is 6.04 Å². The van der Waals surface area contributed by atoms with Gasteiger partial charge in [0.15, 0.2) is 0 Å². The first-order chi connectivity index (χ1) is 7.69. The van der Waals surface area contributed by atoms with E-state index in [1.54, 1.807) is 0 Å². The molecule has 0 aromatic carbocycles. The van der Waals surface area contributed by atoms with Crippen molar-refractivity contribution in [3.05, 3.63) is 0 Å². The van der Waals surface area contributed by atoms with Crippen molar-refractivity contribution in [2.24, 2.45) is 5.92 Å². The van der Waals surface area contributed by atoms with Gasteiger partial charge in [-0.3, -0.25) is 9.69 Å². The van der Waals surface area contributed by atoms with E-state index in [1.165, 1.54) is 12.8 Å². The number of rotatable bonds is 5. The van der Waals surface area contributed by atoms with Crippen LogP contribution < -0.4 is 0 Å². The maximum absolute atomic E-state index is 11.9. The molecule has 0 aliphatic carbocycles. The highest BCUT2D eigenvalue weighted by atomic mass is 16.5. The first kappa shape index (κ1) is 13.5. The second-order valence-electron chi connectivity index (χ2n) is 4.78. The fourth-order valence-electron chi connectivity index (χ4n) is 2.30. The lowest BCUT2D eigenvalue weighted by Crippen LogP contribution is -2.46. The van der Waals surface area contributed by atoms with Gasteiger partial charge in [-0.25, -0.2) is 0 Å². The molecule has 1 fully saturated rings. The Hall–Kier alpha value is -0.570. The molecule has 0 radical (unpaired) electrons. The lowest BCUT2D eigenvalue weighted by atomic mass is 9.97. The van der Waals surface area contributed by atoms with Crippen molar-refractivity contribution in [2.75, 3.05) is 19.7 Å². The van der Waals surface area contributed by atoms with E-state index in [0.717, 1.165) is 31.8 Å². The Morgan fingerprint density at radius 3 is 2.50 bits per heavy atom. The van der Waals surface area contributed by atoms with Gasteiger partial charge in [-0.05, 0) is 45.2 Å². The average Bonchev–Trinajstić information content (AvgIpc) is 2.28. The molecule has 1 heterocycles. The van der Waals surface area contributed by atoms with Crippen molar-refractivity contribution >= 4 is 5.97 Å². The predicted octanol–water partition coefficient (Wildman–Crippen LogP) is 2.45. The first-order valence-electron chi connectivity index (χ1n) is 6.59. The van der Waals surface area contributed by atoms with E-state index in [-0.39, 0.29) is 12.0 Å². The summed E-state index contributed by atoms with van der Waals surface area (Å²) in [5, 5.41) is 0. The zero-order valence-corrected chi connectivity index (χ0v) is 10.9. The normalized spacial score (nSPS) is 20.7. The summed E-state index contributed by atoms with van der Waals surface area (Å²) >= 11 is 0. The molecule has 0 aromatic heterocycles. The van der Waals surface area contributed by atoms with Crippen LogP contribution in [0.1, 0.15) is 46.5 Å². The molecule has 3 nitrogen and oxygen atoms in total. The molecule has 0 spiro atoms. The van der Waals surface area contributed by atoms with Crippen LogP contribution in [-0.2, 0) is 9.53 Å². The minimum absolute atomic E-state index is 0.00236. The molecule has 1 saturated heterocycles. The van der Waals surface area contributed by atoms with E-state index in [0.29, 0.717) is 6.61 Å². The third-order valence-electron chi connectivity index (χ3n) is 3.38. The van der Waals surface area contributed by atoms with Crippen molar-refractivity contribution in [1.82, 2.24) is 4.90 Å². The van der Waals surface area contributed by atoms with E-state index in [4.69, 9.17) is 4.74 Å². The Balaban J connectivity index is 2.51. The molecule has 16 heavy (non-hydrogen) atoms. The van der Waals surface area contributed by atoms with Gasteiger partial charge in [-0.15, -0.1) is 0 Å². The zero-order chi connectivity index (χ0) is 12.0. The Morgan fingerprint density at radius 1 is 1.38 bits per heavy atom. The molecule has 1 aliphatic heterocycles. The molecule has 94 valence electrons. The lowest BCUT2D eigenvalue weighted by Gasteiger charge is -2.35. The average molecular weight is 227 g/mol. The standard InChI is InChI=1S/C13H25NO2/c1-4-6-12(13(15)16-5-2)14-9-7-11(3)8-10-14/h11-12H,4-10H2,1-3H3. The number of hydrogen-bond acceptors (Lipinski definition) is 3. The molecule has 0 amide bonds. The summed E-state index contributed by atoms with van der Waals surface area (Å²) in [4.78, 5) is 14.2. The van der Waals surface area contributed by atoms with Crippen molar-refractivity contribution in [3.63, 3.8) is 0 Å². The summed E-state index contributed by atoms with van der Waals surface area (Å²) in [5.74, 6) is 0.777. The topological polar surface area (TPSA) is 29.5 Å². The van der Waals surface area contributed by atoms with Gasteiger partial charge in [-0.1, -0.05) is 20.3 Å². The smallest absolute Gasteiger partial charge is 0.323 e. The number of esters is 1. The highest BCUT2D eigenvalue weighted by Crippen LogP contribution is 2.20. The molecule has 0 bridgehead atoms. The number of nitrogens with zero attached hydrogens (tertiary/aromatic N) is 1. The third kappa shape index (κ3) is 3.78. The Kier molecular flexibility index (Phi) is 5.81. The van der Waals surface area contributed by atoms with Crippen molar-refractivity contribution in [3.8, 4) is 0 Å². The summed E-state index contributed by atoms with van der Waals surface area (Å²) in [5.41, 5.74) is 0. The molecule has 1 aliphatic rings. The van der Waals surface area contributed by atoms with Crippen molar-refractivity contribution < 1.29 is 9.53 Å². The molecule has 1 rings (SSSR count). The van der Waals surface area contributed by atoms with E-state index in [9.17, 15) is 4.79 Å². The SMILES string of the molecule is CCCC(C(=O)OCC)N1CCC(C)CC1. The van der Waals surface area contributed by atoms with Gasteiger partial charge in [0.2, 0.25) is 0 Å². The molecular formula is C13H25NO2. The van der Waals surface area contributed by atoms with Crippen molar-refractivity contribution in [2.45, 2.75) is 52.5 Å². The molecule has 1 atom stereocenters. The summed E-state index contributed by atoms with van der Waals surface area (Å²) in [7, 11) is 0. The Labute approximate surface area is 99.1 Å². The Bertz CT molecular complexity index is 210. The number of piperidine rings is 1. The van der Waals surface area contributed by atoms with Crippen LogP contribution in [0.4, 0.5) is 0 Å². The maximum atomic E-state index is 11.9. The fraction of sp³-hybridized carbons (Fsp3) is 0.923. The van der Waals surface area contributed by atoms with Crippen LogP contribution in [0.15, 0.2) is 0 Å². The molecule has 0 N–H and O–H groups in total. The van der Waals surface area contributed by atoms with Crippen LogP contribution in [0, 0.1) is 5.92 Å². The highest BCUT2D eigenvalue weighted by molar-refractivity contribution is 5.75. The number of hydrogen-bond donors (Lipinski definition) is 0. The largest absolute Gasteiger partial charge is 0.465 e. The third-order valence-corrected chi connectivity index (χ3v) is 3.38. The second-order valence-corrected chi connectivity index (χ2v) is 4.78. The summed E-state index contributed by atoms with van der Waals surface area (Å²) in [6.45, 7) is 8.87. The van der Waals surface area contributed by atoms with Crippen LogP contribution in [0.5, 0.6) is 0 Å². The maximum Gasteiger partial charge on any atom is 0.323 e. The van der Waals surface area contributed by atoms with Gasteiger partial charge in [0.05, 0.1) is 6.61 Å². The highest BCUT2D eigenvalue weighted by Gasteiger charge is 2.28. The van der Waals surface area contributed by atoms with Gasteiger partial charge in [-0.2, -0.15) is 0 Å². The molecular weight excluding hydrogens is 202 g/mol. The first-order valence-corrected chi connectivity index (χ1v) is 6.59. The number of likely N-dealkylation sites (tertiary alicyclic amines) is 1. The van der Waals surface area contributed by atoms with E-state index < -0.39 is 0 Å². The number of carbonyl (C=O) groups excluding carboxylic acids is 1. The van der Waals surface area contributed by atoms with Crippen LogP contribution >= 0.6 is 0 Å². The van der Waals surface area contributed by atoms with Crippen LogP contribution in [-0.4, -0.2) is 36.6 Å². The number of ether oxygens (including phenoxy) is 1.